The van der Waals surface area contributed by atoms with Gasteiger partial charge in [-0.05, 0) is 6.42 Å². The molecule has 0 aliphatic rings. The number of hydrogen-bond donors (Lipinski definition) is 0. The molecule has 0 saturated carbocycles. The monoisotopic (exact) mass is 389 g/mol. The van der Waals surface area contributed by atoms with Crippen molar-refractivity contribution in [2.75, 3.05) is 19.7 Å². The average Bonchev–Trinajstić information content (AvgIpc) is 2.54. The number of aliphatic carboxylic acids is 2. The van der Waals surface area contributed by atoms with Crippen molar-refractivity contribution in [2.45, 2.75) is 84.0 Å². The second-order valence-corrected chi connectivity index (χ2v) is 6.19. The van der Waals surface area contributed by atoms with E-state index in [1.165, 1.54) is 56.4 Å². The predicted molar refractivity (Wildman–Crippen MR) is 88.6 cm³/mol. The van der Waals surface area contributed by atoms with Gasteiger partial charge in [0.15, 0.2) is 0 Å². The molecule has 6 nitrogen and oxygen atoms in total. The summed E-state index contributed by atoms with van der Waals surface area (Å²) < 4.78 is 0. The Morgan fingerprint density at radius 1 is 0.731 bits per heavy atom. The third kappa shape index (κ3) is 24.9. The van der Waals surface area contributed by atoms with Gasteiger partial charge in [-0.15, -0.1) is 0 Å². The molecule has 0 aromatic rings. The van der Waals surface area contributed by atoms with Crippen LogP contribution in [0.15, 0.2) is 0 Å². The van der Waals surface area contributed by atoms with Gasteiger partial charge in [-0.2, -0.15) is 5.06 Å². The summed E-state index contributed by atoms with van der Waals surface area (Å²) in [6.07, 6.45) is 11.9. The third-order valence-electron chi connectivity index (χ3n) is 3.90. The molecule has 0 N–H and O–H groups in total. The van der Waals surface area contributed by atoms with Crippen LogP contribution < -0.4 is 69.3 Å². The van der Waals surface area contributed by atoms with Gasteiger partial charge in [0, 0.05) is 37.9 Å². The van der Waals surface area contributed by atoms with Crippen LogP contribution in [0.2, 0.25) is 0 Å². The van der Waals surface area contributed by atoms with E-state index in [2.05, 4.69) is 6.92 Å². The van der Waals surface area contributed by atoms with Crippen molar-refractivity contribution in [3.8, 4) is 0 Å². The smallest absolute Gasteiger partial charge is 0.550 e. The van der Waals surface area contributed by atoms with E-state index in [1.807, 2.05) is 0 Å². The van der Waals surface area contributed by atoms with Gasteiger partial charge in [0.25, 0.3) is 0 Å². The number of unbranched alkanes of at least 4 members (excludes halogenated alkanes) is 9. The zero-order valence-corrected chi connectivity index (χ0v) is 21.1. The van der Waals surface area contributed by atoms with Crippen molar-refractivity contribution >= 4 is 11.9 Å². The molecule has 0 aliphatic carbocycles. The summed E-state index contributed by atoms with van der Waals surface area (Å²) in [7, 11) is 0. The van der Waals surface area contributed by atoms with Crippen LogP contribution >= 0.6 is 0 Å². The Hall–Kier alpha value is 0.860. The molecule has 0 atom stereocenters. The SMILES string of the molecule is CCCCCCCCCCCCON(CCC(=O)[O-])CCC(=O)[O-].[Na+].[Na+]. The summed E-state index contributed by atoms with van der Waals surface area (Å²) in [4.78, 5) is 26.4. The first kappa shape index (κ1) is 31.6. The molecule has 26 heavy (non-hydrogen) atoms. The normalized spacial score (nSPS) is 10.2. The molecule has 0 saturated heterocycles. The standard InChI is InChI=1S/C18H35NO5.2Na/c1-2-3-4-5-6-7-8-9-10-11-16-24-19(14-12-17(20)21)15-13-18(22)23;;/h2-16H2,1H3,(H,20,21)(H,22,23);;/q;2*+1/p-2. The van der Waals surface area contributed by atoms with E-state index in [0.29, 0.717) is 6.61 Å². The van der Waals surface area contributed by atoms with Crippen molar-refractivity contribution < 1.29 is 83.8 Å². The number of carboxylic acid groups (broad SMARTS) is 2. The van der Waals surface area contributed by atoms with Gasteiger partial charge in [0.1, 0.15) is 0 Å². The van der Waals surface area contributed by atoms with E-state index in [0.717, 1.165) is 12.8 Å². The minimum absolute atomic E-state index is 0. The van der Waals surface area contributed by atoms with E-state index in [1.54, 1.807) is 0 Å². The van der Waals surface area contributed by atoms with Crippen LogP contribution in [0.3, 0.4) is 0 Å². The van der Waals surface area contributed by atoms with Gasteiger partial charge < -0.3 is 19.8 Å². The number of carbonyl (C=O) groups excluding carboxylic acids is 2. The fraction of sp³-hybridized carbons (Fsp3) is 0.889. The zero-order chi connectivity index (χ0) is 18.0. The maximum absolute atomic E-state index is 10.5. The Morgan fingerprint density at radius 3 is 1.50 bits per heavy atom. The van der Waals surface area contributed by atoms with Gasteiger partial charge in [-0.3, -0.25) is 4.84 Å². The average molecular weight is 389 g/mol. The van der Waals surface area contributed by atoms with Gasteiger partial charge >= 0.3 is 59.1 Å². The van der Waals surface area contributed by atoms with E-state index >= 15 is 0 Å². The van der Waals surface area contributed by atoms with Crippen LogP contribution in [0, 0.1) is 0 Å². The second kappa shape index (κ2) is 23.9. The topological polar surface area (TPSA) is 92.7 Å². The molecule has 0 amide bonds. The number of rotatable bonds is 18. The first-order chi connectivity index (χ1) is 11.6. The third-order valence-corrected chi connectivity index (χ3v) is 3.90. The fourth-order valence-corrected chi connectivity index (χ4v) is 2.46. The van der Waals surface area contributed by atoms with Crippen molar-refractivity contribution in [1.82, 2.24) is 5.06 Å². The molecule has 0 bridgehead atoms. The fourth-order valence-electron chi connectivity index (χ4n) is 2.46. The molecule has 0 heterocycles. The maximum atomic E-state index is 10.5. The molecule has 142 valence electrons. The van der Waals surface area contributed by atoms with Crippen molar-refractivity contribution in [3.05, 3.63) is 0 Å². The van der Waals surface area contributed by atoms with Gasteiger partial charge in [0.05, 0.1) is 6.61 Å². The predicted octanol–water partition coefficient (Wildman–Crippen LogP) is -4.57. The largest absolute Gasteiger partial charge is 1.00 e. The van der Waals surface area contributed by atoms with Crippen molar-refractivity contribution in [1.29, 1.82) is 0 Å². The molecule has 0 spiro atoms. The molecule has 0 aromatic heterocycles. The van der Waals surface area contributed by atoms with Crippen LogP contribution in [0.5, 0.6) is 0 Å². The van der Waals surface area contributed by atoms with Gasteiger partial charge in [0.2, 0.25) is 0 Å². The zero-order valence-electron chi connectivity index (χ0n) is 17.1. The summed E-state index contributed by atoms with van der Waals surface area (Å²) >= 11 is 0. The molecule has 0 rings (SSSR count). The minimum atomic E-state index is -1.17. The van der Waals surface area contributed by atoms with Gasteiger partial charge in [-0.1, -0.05) is 64.7 Å². The molecule has 0 aromatic carbocycles. The van der Waals surface area contributed by atoms with E-state index in [-0.39, 0.29) is 85.0 Å². The number of nitrogens with zero attached hydrogens (tertiary/aromatic N) is 1. The van der Waals surface area contributed by atoms with Crippen molar-refractivity contribution in [2.24, 2.45) is 0 Å². The summed E-state index contributed by atoms with van der Waals surface area (Å²) in [6, 6.07) is 0. The van der Waals surface area contributed by atoms with Crippen molar-refractivity contribution in [3.63, 3.8) is 0 Å². The molecule has 0 aliphatic heterocycles. The van der Waals surface area contributed by atoms with E-state index < -0.39 is 11.9 Å². The Kier molecular flexibility index (Phi) is 29.0. The Balaban J connectivity index is -0.00000264. The number of hydrogen-bond acceptors (Lipinski definition) is 6. The summed E-state index contributed by atoms with van der Waals surface area (Å²) in [5.41, 5.74) is 0. The molecule has 0 unspecified atom stereocenters. The summed E-state index contributed by atoms with van der Waals surface area (Å²) in [5, 5.41) is 22.3. The molecule has 0 fully saturated rings. The summed E-state index contributed by atoms with van der Waals surface area (Å²) in [5.74, 6) is -2.34. The van der Waals surface area contributed by atoms with Gasteiger partial charge in [-0.25, -0.2) is 0 Å². The molecular weight excluding hydrogens is 356 g/mol. The number of carbonyl (C=O) groups is 2. The first-order valence-corrected chi connectivity index (χ1v) is 9.33. The van der Waals surface area contributed by atoms with Crippen LogP contribution in [0.1, 0.15) is 84.0 Å². The minimum Gasteiger partial charge on any atom is -0.550 e. The number of carboxylic acids is 2. The Morgan fingerprint density at radius 2 is 1.12 bits per heavy atom. The Labute approximate surface area is 203 Å². The first-order valence-electron chi connectivity index (χ1n) is 9.33. The van der Waals surface area contributed by atoms with E-state index in [9.17, 15) is 19.8 Å². The number of hydroxylamine groups is 2. The molecule has 0 radical (unpaired) electrons. The maximum Gasteiger partial charge on any atom is 1.00 e. The molecule has 8 heteroatoms. The quantitative estimate of drug-likeness (QED) is 0.133. The van der Waals surface area contributed by atoms with Crippen LogP contribution in [0.25, 0.3) is 0 Å². The Bertz CT molecular complexity index is 315. The second-order valence-electron chi connectivity index (χ2n) is 6.19. The molecular formula is C18H33NNa2O5. The van der Waals surface area contributed by atoms with Crippen LogP contribution in [0.4, 0.5) is 0 Å². The summed E-state index contributed by atoms with van der Waals surface area (Å²) in [6.45, 7) is 2.97. The van der Waals surface area contributed by atoms with E-state index in [4.69, 9.17) is 4.84 Å². The van der Waals surface area contributed by atoms with Crippen LogP contribution in [-0.2, 0) is 14.4 Å². The van der Waals surface area contributed by atoms with Crippen LogP contribution in [-0.4, -0.2) is 36.7 Å².